The van der Waals surface area contributed by atoms with E-state index in [2.05, 4.69) is 4.99 Å². The van der Waals surface area contributed by atoms with Crippen LogP contribution in [0.1, 0.15) is 24.1 Å². The molecule has 0 amide bonds. The van der Waals surface area contributed by atoms with Gasteiger partial charge in [0.1, 0.15) is 0 Å². The number of halogens is 5. The molecule has 0 spiro atoms. The van der Waals surface area contributed by atoms with Crippen molar-refractivity contribution >= 4 is 6.08 Å². The lowest BCUT2D eigenvalue weighted by atomic mass is 10.0. The van der Waals surface area contributed by atoms with Crippen molar-refractivity contribution in [2.24, 2.45) is 4.99 Å². The molecule has 7 heteroatoms. The van der Waals surface area contributed by atoms with Gasteiger partial charge in [-0.05, 0) is 18.6 Å². The highest BCUT2D eigenvalue weighted by Gasteiger charge is 2.58. The molecule has 1 rings (SSSR count). The van der Waals surface area contributed by atoms with Gasteiger partial charge in [0.25, 0.3) is 0 Å². The number of aliphatic imine (C=N–C) groups is 1. The highest BCUT2D eigenvalue weighted by atomic mass is 19.4. The standard InChI is InChI=1S/C11H8F5NO/c1-7(17-6-18)8-3-2-4-9(5-8)10(12,13)11(14,15)16/h2-5,7H,1H3. The molecule has 1 atom stereocenters. The molecule has 0 aliphatic carbocycles. The van der Waals surface area contributed by atoms with Crippen molar-refractivity contribution in [2.45, 2.75) is 25.1 Å². The SMILES string of the molecule is CC(N=C=O)c1cccc(C(F)(F)C(F)(F)F)c1. The maximum absolute atomic E-state index is 13.1. The summed E-state index contributed by atoms with van der Waals surface area (Å²) in [6, 6.07) is 2.89. The van der Waals surface area contributed by atoms with Crippen LogP contribution < -0.4 is 0 Å². The van der Waals surface area contributed by atoms with Crippen molar-refractivity contribution in [2.75, 3.05) is 0 Å². The zero-order valence-electron chi connectivity index (χ0n) is 9.13. The molecule has 0 saturated heterocycles. The Balaban J connectivity index is 3.21. The third-order valence-corrected chi connectivity index (χ3v) is 2.33. The first-order valence-corrected chi connectivity index (χ1v) is 4.82. The van der Waals surface area contributed by atoms with Crippen molar-refractivity contribution in [1.82, 2.24) is 0 Å². The molecule has 0 fully saturated rings. The van der Waals surface area contributed by atoms with Gasteiger partial charge < -0.3 is 0 Å². The van der Waals surface area contributed by atoms with Crippen LogP contribution in [-0.2, 0) is 10.7 Å². The molecule has 0 N–H and O–H groups in total. The molecule has 0 heterocycles. The Hall–Kier alpha value is -1.75. The summed E-state index contributed by atoms with van der Waals surface area (Å²) in [4.78, 5) is 13.3. The lowest BCUT2D eigenvalue weighted by Crippen LogP contribution is -2.33. The van der Waals surface area contributed by atoms with Crippen LogP contribution in [0.2, 0.25) is 0 Å². The third kappa shape index (κ3) is 2.73. The van der Waals surface area contributed by atoms with Gasteiger partial charge in [-0.2, -0.15) is 26.9 Å². The Bertz CT molecular complexity index is 477. The van der Waals surface area contributed by atoms with Gasteiger partial charge in [-0.1, -0.05) is 18.2 Å². The summed E-state index contributed by atoms with van der Waals surface area (Å²) >= 11 is 0. The topological polar surface area (TPSA) is 29.4 Å². The lowest BCUT2D eigenvalue weighted by molar-refractivity contribution is -0.289. The Morgan fingerprint density at radius 2 is 1.83 bits per heavy atom. The molecule has 1 unspecified atom stereocenters. The number of hydrogen-bond acceptors (Lipinski definition) is 2. The molecule has 0 aromatic heterocycles. The molecule has 1 aromatic rings. The Labute approximate surface area is 99.1 Å². The zero-order valence-corrected chi connectivity index (χ0v) is 9.13. The van der Waals surface area contributed by atoms with Crippen molar-refractivity contribution < 1.29 is 26.7 Å². The predicted molar refractivity (Wildman–Crippen MR) is 52.9 cm³/mol. The van der Waals surface area contributed by atoms with Crippen molar-refractivity contribution in [3.63, 3.8) is 0 Å². The second-order valence-corrected chi connectivity index (χ2v) is 3.59. The fourth-order valence-electron chi connectivity index (χ4n) is 1.31. The van der Waals surface area contributed by atoms with Gasteiger partial charge >= 0.3 is 12.1 Å². The summed E-state index contributed by atoms with van der Waals surface area (Å²) in [5.41, 5.74) is -1.10. The van der Waals surface area contributed by atoms with E-state index in [1.165, 1.54) is 19.1 Å². The summed E-state index contributed by atoms with van der Waals surface area (Å²) in [5, 5.41) is 0. The van der Waals surface area contributed by atoms with E-state index in [1.807, 2.05) is 0 Å². The first-order valence-electron chi connectivity index (χ1n) is 4.82. The van der Waals surface area contributed by atoms with E-state index in [-0.39, 0.29) is 5.56 Å². The number of benzene rings is 1. The number of alkyl halides is 5. The molecule has 98 valence electrons. The summed E-state index contributed by atoms with van der Waals surface area (Å²) in [6.45, 7) is 1.38. The summed E-state index contributed by atoms with van der Waals surface area (Å²) in [7, 11) is 0. The number of hydrogen-bond donors (Lipinski definition) is 0. The highest BCUT2D eigenvalue weighted by Crippen LogP contribution is 2.44. The summed E-state index contributed by atoms with van der Waals surface area (Å²) < 4.78 is 62.6. The fourth-order valence-corrected chi connectivity index (χ4v) is 1.31. The maximum Gasteiger partial charge on any atom is 0.458 e. The van der Waals surface area contributed by atoms with Crippen molar-refractivity contribution in [3.8, 4) is 0 Å². The molecule has 0 aliphatic rings. The van der Waals surface area contributed by atoms with E-state index in [4.69, 9.17) is 0 Å². The van der Waals surface area contributed by atoms with E-state index in [0.29, 0.717) is 12.1 Å². The number of nitrogens with zero attached hydrogens (tertiary/aromatic N) is 1. The minimum atomic E-state index is -5.66. The Morgan fingerprint density at radius 1 is 1.22 bits per heavy atom. The molecule has 18 heavy (non-hydrogen) atoms. The largest absolute Gasteiger partial charge is 0.458 e. The van der Waals surface area contributed by atoms with Crippen LogP contribution in [0.4, 0.5) is 22.0 Å². The number of carbonyl (C=O) groups excluding carboxylic acids is 1. The van der Waals surface area contributed by atoms with Crippen molar-refractivity contribution in [3.05, 3.63) is 35.4 Å². The van der Waals surface area contributed by atoms with Crippen LogP contribution in [0.15, 0.2) is 29.3 Å². The molecule has 0 bridgehead atoms. The molecule has 1 aromatic carbocycles. The van der Waals surface area contributed by atoms with E-state index in [0.717, 1.165) is 6.07 Å². The quantitative estimate of drug-likeness (QED) is 0.465. The molecular formula is C11H8F5NO. The normalized spacial score (nSPS) is 13.9. The maximum atomic E-state index is 13.1. The minimum Gasteiger partial charge on any atom is -0.211 e. The first-order chi connectivity index (χ1) is 8.20. The van der Waals surface area contributed by atoms with Gasteiger partial charge in [0.2, 0.25) is 6.08 Å². The molecule has 0 aliphatic heterocycles. The van der Waals surface area contributed by atoms with Gasteiger partial charge in [0.05, 0.1) is 6.04 Å². The molecule has 0 saturated carbocycles. The van der Waals surface area contributed by atoms with Gasteiger partial charge in [0.15, 0.2) is 0 Å². The summed E-state index contributed by atoms with van der Waals surface area (Å²) in [6.07, 6.45) is -4.44. The van der Waals surface area contributed by atoms with E-state index < -0.39 is 23.7 Å². The zero-order chi connectivity index (χ0) is 14.0. The van der Waals surface area contributed by atoms with Gasteiger partial charge in [-0.15, -0.1) is 0 Å². The third-order valence-electron chi connectivity index (χ3n) is 2.33. The average molecular weight is 265 g/mol. The smallest absolute Gasteiger partial charge is 0.211 e. The van der Waals surface area contributed by atoms with Gasteiger partial charge in [-0.25, -0.2) is 4.79 Å². The summed E-state index contributed by atoms with van der Waals surface area (Å²) in [5.74, 6) is -4.94. The second-order valence-electron chi connectivity index (χ2n) is 3.59. The van der Waals surface area contributed by atoms with Gasteiger partial charge in [0, 0.05) is 5.56 Å². The fraction of sp³-hybridized carbons (Fsp3) is 0.364. The van der Waals surface area contributed by atoms with E-state index in [1.54, 1.807) is 0 Å². The Kier molecular flexibility index (Phi) is 3.86. The van der Waals surface area contributed by atoms with Crippen LogP contribution in [0.5, 0.6) is 0 Å². The second kappa shape index (κ2) is 4.86. The monoisotopic (exact) mass is 265 g/mol. The minimum absolute atomic E-state index is 0.0831. The Morgan fingerprint density at radius 3 is 2.33 bits per heavy atom. The first kappa shape index (κ1) is 14.3. The van der Waals surface area contributed by atoms with Crippen LogP contribution in [0, 0.1) is 0 Å². The molecular weight excluding hydrogens is 257 g/mol. The van der Waals surface area contributed by atoms with E-state index in [9.17, 15) is 26.7 Å². The average Bonchev–Trinajstić information content (AvgIpc) is 2.28. The van der Waals surface area contributed by atoms with Crippen LogP contribution >= 0.6 is 0 Å². The molecule has 2 nitrogen and oxygen atoms in total. The van der Waals surface area contributed by atoms with Crippen LogP contribution in [-0.4, -0.2) is 12.3 Å². The van der Waals surface area contributed by atoms with Gasteiger partial charge in [-0.3, -0.25) is 0 Å². The molecule has 0 radical (unpaired) electrons. The predicted octanol–water partition coefficient (Wildman–Crippen LogP) is 3.74. The van der Waals surface area contributed by atoms with Crippen molar-refractivity contribution in [1.29, 1.82) is 0 Å². The lowest BCUT2D eigenvalue weighted by Gasteiger charge is -2.20. The van der Waals surface area contributed by atoms with Crippen LogP contribution in [0.3, 0.4) is 0 Å². The number of rotatable bonds is 3. The van der Waals surface area contributed by atoms with E-state index >= 15 is 0 Å². The number of isocyanates is 1. The highest BCUT2D eigenvalue weighted by molar-refractivity contribution is 5.36. The van der Waals surface area contributed by atoms with Crippen LogP contribution in [0.25, 0.3) is 0 Å².